The third kappa shape index (κ3) is 6.70. The molecule has 2 heterocycles. The lowest BCUT2D eigenvalue weighted by molar-refractivity contribution is -0.134. The van der Waals surface area contributed by atoms with E-state index in [-0.39, 0.29) is 31.6 Å². The highest BCUT2D eigenvalue weighted by Gasteiger charge is 2.24. The van der Waals surface area contributed by atoms with Crippen molar-refractivity contribution in [2.75, 3.05) is 39.6 Å². The zero-order chi connectivity index (χ0) is 27.0. The van der Waals surface area contributed by atoms with E-state index in [0.29, 0.717) is 24.0 Å². The Bertz CT molecular complexity index is 1300. The lowest BCUT2D eigenvalue weighted by atomic mass is 9.90. The topological polar surface area (TPSA) is 97.3 Å². The molecule has 3 aromatic rings. The number of carbonyl (C=O) groups excluding carboxylic acids is 2. The number of fused-ring (bicyclic) bond motifs is 1. The number of nitrogens with one attached hydrogen (secondary N) is 1. The number of aryl methyl sites for hydroxylation is 1. The lowest BCUT2D eigenvalue weighted by Crippen LogP contribution is -2.41. The van der Waals surface area contributed by atoms with Crippen molar-refractivity contribution in [3.63, 3.8) is 0 Å². The fourth-order valence-corrected chi connectivity index (χ4v) is 5.10. The highest BCUT2D eigenvalue weighted by Crippen LogP contribution is 2.34. The van der Waals surface area contributed by atoms with Gasteiger partial charge in [-0.1, -0.05) is 36.4 Å². The number of likely N-dealkylation sites (tertiary alicyclic amines) is 1. The van der Waals surface area contributed by atoms with Crippen molar-refractivity contribution >= 4 is 11.8 Å². The SMILES string of the molecule is O=C(NCCO)c1cccc(-c2ccccc2OCC(=O)N2CCC(CCc3ccc4c(c3)OCO4)CC2)c1. The van der Waals surface area contributed by atoms with Crippen LogP contribution in [-0.4, -0.2) is 61.5 Å². The Morgan fingerprint density at radius 1 is 0.974 bits per heavy atom. The van der Waals surface area contributed by atoms with E-state index < -0.39 is 0 Å². The first kappa shape index (κ1) is 26.6. The number of para-hydroxylation sites is 1. The fourth-order valence-electron chi connectivity index (χ4n) is 5.10. The van der Waals surface area contributed by atoms with Crippen molar-refractivity contribution in [1.29, 1.82) is 0 Å². The van der Waals surface area contributed by atoms with Gasteiger partial charge >= 0.3 is 0 Å². The molecule has 1 fully saturated rings. The summed E-state index contributed by atoms with van der Waals surface area (Å²) in [6.07, 6.45) is 4.04. The maximum atomic E-state index is 13.0. The van der Waals surface area contributed by atoms with Crippen molar-refractivity contribution in [3.05, 3.63) is 77.9 Å². The molecule has 5 rings (SSSR count). The number of aliphatic hydroxyl groups is 1. The van der Waals surface area contributed by atoms with Crippen molar-refractivity contribution < 1.29 is 28.9 Å². The number of piperidine rings is 1. The number of amides is 2. The Morgan fingerprint density at radius 2 is 1.79 bits per heavy atom. The van der Waals surface area contributed by atoms with Crippen LogP contribution in [-0.2, 0) is 11.2 Å². The van der Waals surface area contributed by atoms with E-state index in [0.717, 1.165) is 61.4 Å². The van der Waals surface area contributed by atoms with Crippen LogP contribution in [0.4, 0.5) is 0 Å². The monoisotopic (exact) mass is 530 g/mol. The van der Waals surface area contributed by atoms with Gasteiger partial charge in [0.05, 0.1) is 6.61 Å². The predicted molar refractivity (Wildman–Crippen MR) is 147 cm³/mol. The van der Waals surface area contributed by atoms with Crippen LogP contribution < -0.4 is 19.5 Å². The van der Waals surface area contributed by atoms with Crippen LogP contribution in [0.3, 0.4) is 0 Å². The van der Waals surface area contributed by atoms with Crippen molar-refractivity contribution in [2.45, 2.75) is 25.7 Å². The van der Waals surface area contributed by atoms with Crippen LogP contribution in [0, 0.1) is 5.92 Å². The van der Waals surface area contributed by atoms with Gasteiger partial charge in [-0.25, -0.2) is 0 Å². The van der Waals surface area contributed by atoms with Crippen molar-refractivity contribution in [1.82, 2.24) is 10.2 Å². The van der Waals surface area contributed by atoms with Crippen molar-refractivity contribution in [2.24, 2.45) is 5.92 Å². The smallest absolute Gasteiger partial charge is 0.260 e. The number of rotatable bonds is 10. The van der Waals surface area contributed by atoms with Gasteiger partial charge in [0.2, 0.25) is 6.79 Å². The van der Waals surface area contributed by atoms with Crippen LogP contribution in [0.2, 0.25) is 0 Å². The van der Waals surface area contributed by atoms with Gasteiger partial charge in [0.1, 0.15) is 5.75 Å². The number of benzene rings is 3. The van der Waals surface area contributed by atoms with Gasteiger partial charge in [-0.05, 0) is 73.1 Å². The molecule has 0 saturated carbocycles. The number of hydrogen-bond donors (Lipinski definition) is 2. The summed E-state index contributed by atoms with van der Waals surface area (Å²) in [6, 6.07) is 20.9. The van der Waals surface area contributed by atoms with Gasteiger partial charge in [-0.15, -0.1) is 0 Å². The van der Waals surface area contributed by atoms with Crippen molar-refractivity contribution in [3.8, 4) is 28.4 Å². The molecule has 204 valence electrons. The van der Waals surface area contributed by atoms with E-state index in [1.165, 1.54) is 5.56 Å². The highest BCUT2D eigenvalue weighted by molar-refractivity contribution is 5.95. The number of aliphatic hydroxyl groups excluding tert-OH is 1. The molecule has 2 amide bonds. The van der Waals surface area contributed by atoms with Gasteiger partial charge in [-0.2, -0.15) is 0 Å². The first-order valence-corrected chi connectivity index (χ1v) is 13.5. The number of ether oxygens (including phenoxy) is 3. The van der Waals surface area contributed by atoms with E-state index >= 15 is 0 Å². The van der Waals surface area contributed by atoms with Crippen LogP contribution in [0.25, 0.3) is 11.1 Å². The van der Waals surface area contributed by atoms with Gasteiger partial charge in [0.25, 0.3) is 11.8 Å². The van der Waals surface area contributed by atoms with Crippen LogP contribution in [0.15, 0.2) is 66.7 Å². The Kier molecular flexibility index (Phi) is 8.63. The Hall–Kier alpha value is -4.04. The average Bonchev–Trinajstić information content (AvgIpc) is 3.46. The first-order valence-electron chi connectivity index (χ1n) is 13.5. The van der Waals surface area contributed by atoms with E-state index in [1.807, 2.05) is 47.4 Å². The zero-order valence-electron chi connectivity index (χ0n) is 21.9. The third-order valence-electron chi connectivity index (χ3n) is 7.32. The minimum absolute atomic E-state index is 0.0174. The fraction of sp³-hybridized carbons (Fsp3) is 0.355. The molecule has 8 nitrogen and oxygen atoms in total. The number of hydrogen-bond acceptors (Lipinski definition) is 6. The molecule has 0 spiro atoms. The zero-order valence-corrected chi connectivity index (χ0v) is 21.9. The van der Waals surface area contributed by atoms with E-state index in [4.69, 9.17) is 19.3 Å². The third-order valence-corrected chi connectivity index (χ3v) is 7.32. The molecule has 3 aromatic carbocycles. The summed E-state index contributed by atoms with van der Waals surface area (Å²) >= 11 is 0. The summed E-state index contributed by atoms with van der Waals surface area (Å²) in [7, 11) is 0. The maximum Gasteiger partial charge on any atom is 0.260 e. The Morgan fingerprint density at radius 3 is 2.64 bits per heavy atom. The van der Waals surface area contributed by atoms with Gasteiger partial charge in [-0.3, -0.25) is 9.59 Å². The van der Waals surface area contributed by atoms with Gasteiger partial charge in [0, 0.05) is 30.8 Å². The van der Waals surface area contributed by atoms with Gasteiger partial charge in [0.15, 0.2) is 18.1 Å². The predicted octanol–water partition coefficient (Wildman–Crippen LogP) is 4.05. The largest absolute Gasteiger partial charge is 0.483 e. The molecule has 1 saturated heterocycles. The second-order valence-corrected chi connectivity index (χ2v) is 9.90. The number of carbonyl (C=O) groups is 2. The normalized spacial score (nSPS) is 14.7. The lowest BCUT2D eigenvalue weighted by Gasteiger charge is -2.32. The maximum absolute atomic E-state index is 13.0. The second kappa shape index (κ2) is 12.7. The summed E-state index contributed by atoms with van der Waals surface area (Å²) < 4.78 is 16.9. The van der Waals surface area contributed by atoms with E-state index in [1.54, 1.807) is 12.1 Å². The van der Waals surface area contributed by atoms with E-state index in [9.17, 15) is 9.59 Å². The number of nitrogens with zero attached hydrogens (tertiary/aromatic N) is 1. The molecule has 0 bridgehead atoms. The standard InChI is InChI=1S/C31H34N2O6/c34-17-14-32-31(36)25-5-3-4-24(19-25)26-6-1-2-7-27(26)37-20-30(35)33-15-12-22(13-16-33)8-9-23-10-11-28-29(18-23)39-21-38-28/h1-7,10-11,18-19,22,34H,8-9,12-17,20-21H2,(H,32,36). The molecule has 0 aliphatic carbocycles. The molecule has 2 aliphatic heterocycles. The molecule has 0 aromatic heterocycles. The first-order chi connectivity index (χ1) is 19.1. The molecule has 39 heavy (non-hydrogen) atoms. The summed E-state index contributed by atoms with van der Waals surface area (Å²) in [4.78, 5) is 27.2. The molecule has 0 radical (unpaired) electrons. The molecule has 2 N–H and O–H groups in total. The molecular formula is C31H34N2O6. The summed E-state index contributed by atoms with van der Waals surface area (Å²) in [5.41, 5.74) is 3.37. The molecule has 0 unspecified atom stereocenters. The van der Waals surface area contributed by atoms with Crippen LogP contribution >= 0.6 is 0 Å². The molecule has 0 atom stereocenters. The highest BCUT2D eigenvalue weighted by atomic mass is 16.7. The molecule has 2 aliphatic rings. The average molecular weight is 531 g/mol. The summed E-state index contributed by atoms with van der Waals surface area (Å²) in [6.45, 7) is 1.81. The quantitative estimate of drug-likeness (QED) is 0.411. The minimum Gasteiger partial charge on any atom is -0.483 e. The van der Waals surface area contributed by atoms with E-state index in [2.05, 4.69) is 17.4 Å². The Labute approximate surface area is 228 Å². The van der Waals surface area contributed by atoms with Crippen LogP contribution in [0.5, 0.6) is 17.2 Å². The Balaban J connectivity index is 1.12. The summed E-state index contributed by atoms with van der Waals surface area (Å²) in [5, 5.41) is 11.6. The van der Waals surface area contributed by atoms with Crippen LogP contribution in [0.1, 0.15) is 35.2 Å². The molecule has 8 heteroatoms. The minimum atomic E-state index is -0.251. The molecular weight excluding hydrogens is 496 g/mol. The second-order valence-electron chi connectivity index (χ2n) is 9.90. The van der Waals surface area contributed by atoms with Gasteiger partial charge < -0.3 is 29.5 Å². The summed E-state index contributed by atoms with van der Waals surface area (Å²) in [5.74, 6) is 2.55.